The third-order valence-corrected chi connectivity index (χ3v) is 4.81. The van der Waals surface area contributed by atoms with Gasteiger partial charge in [0.15, 0.2) is 0 Å². The molecular formula is C13H16N2O3S. The van der Waals surface area contributed by atoms with Gasteiger partial charge in [0.25, 0.3) is 0 Å². The Morgan fingerprint density at radius 1 is 1.26 bits per heavy atom. The van der Waals surface area contributed by atoms with Crippen LogP contribution in [-0.2, 0) is 10.0 Å². The lowest BCUT2D eigenvalue weighted by molar-refractivity contribution is 0.120. The molecule has 2 rings (SSSR count). The quantitative estimate of drug-likeness (QED) is 0.868. The van der Waals surface area contributed by atoms with E-state index < -0.39 is 10.0 Å². The van der Waals surface area contributed by atoms with E-state index in [1.807, 2.05) is 6.07 Å². The largest absolute Gasteiger partial charge is 0.393 e. The zero-order valence-corrected chi connectivity index (χ0v) is 11.2. The van der Waals surface area contributed by atoms with E-state index in [0.717, 1.165) is 0 Å². The number of rotatable bonds is 3. The van der Waals surface area contributed by atoms with Gasteiger partial charge in [-0.15, -0.1) is 0 Å². The number of nitrogens with zero attached hydrogens (tertiary/aromatic N) is 1. The molecule has 0 amide bonds. The van der Waals surface area contributed by atoms with Gasteiger partial charge in [-0.1, -0.05) is 6.07 Å². The van der Waals surface area contributed by atoms with Gasteiger partial charge in [0, 0.05) is 6.04 Å². The van der Waals surface area contributed by atoms with Crippen molar-refractivity contribution < 1.29 is 13.5 Å². The number of nitriles is 1. The van der Waals surface area contributed by atoms with Crippen LogP contribution in [-0.4, -0.2) is 25.7 Å². The van der Waals surface area contributed by atoms with Gasteiger partial charge in [0.05, 0.1) is 22.6 Å². The van der Waals surface area contributed by atoms with Crippen LogP contribution < -0.4 is 4.72 Å². The molecule has 1 saturated carbocycles. The summed E-state index contributed by atoms with van der Waals surface area (Å²) >= 11 is 0. The van der Waals surface area contributed by atoms with Crippen molar-refractivity contribution in [3.05, 3.63) is 29.8 Å². The zero-order chi connectivity index (χ0) is 13.9. The molecular weight excluding hydrogens is 264 g/mol. The van der Waals surface area contributed by atoms with E-state index in [-0.39, 0.29) is 17.0 Å². The van der Waals surface area contributed by atoms with Gasteiger partial charge in [-0.3, -0.25) is 0 Å². The summed E-state index contributed by atoms with van der Waals surface area (Å²) in [5.74, 6) is 0. The van der Waals surface area contributed by atoms with Gasteiger partial charge >= 0.3 is 0 Å². The highest BCUT2D eigenvalue weighted by Crippen LogP contribution is 2.20. The molecule has 0 bridgehead atoms. The Bertz CT molecular complexity index is 584. The highest BCUT2D eigenvalue weighted by Gasteiger charge is 2.24. The summed E-state index contributed by atoms with van der Waals surface area (Å²) in [6, 6.07) is 7.74. The van der Waals surface area contributed by atoms with Crippen molar-refractivity contribution >= 4 is 10.0 Å². The minimum Gasteiger partial charge on any atom is -0.393 e. The van der Waals surface area contributed by atoms with Crippen LogP contribution in [0.25, 0.3) is 0 Å². The van der Waals surface area contributed by atoms with Gasteiger partial charge in [0.2, 0.25) is 10.0 Å². The summed E-state index contributed by atoms with van der Waals surface area (Å²) < 4.78 is 27.0. The number of aliphatic hydroxyl groups excluding tert-OH is 1. The Hall–Kier alpha value is -1.42. The second-order valence-corrected chi connectivity index (χ2v) is 6.48. The maximum atomic E-state index is 12.2. The Morgan fingerprint density at radius 2 is 1.95 bits per heavy atom. The van der Waals surface area contributed by atoms with Crippen molar-refractivity contribution in [1.29, 1.82) is 5.26 Å². The molecule has 1 aromatic rings. The Balaban J connectivity index is 2.12. The van der Waals surface area contributed by atoms with Crippen LogP contribution in [0.1, 0.15) is 31.2 Å². The van der Waals surface area contributed by atoms with Gasteiger partial charge in [-0.2, -0.15) is 5.26 Å². The molecule has 2 N–H and O–H groups in total. The van der Waals surface area contributed by atoms with Gasteiger partial charge in [-0.25, -0.2) is 13.1 Å². The van der Waals surface area contributed by atoms with Crippen molar-refractivity contribution in [2.24, 2.45) is 0 Å². The monoisotopic (exact) mass is 280 g/mol. The number of benzene rings is 1. The van der Waals surface area contributed by atoms with Crippen molar-refractivity contribution in [1.82, 2.24) is 4.72 Å². The number of sulfonamides is 1. The molecule has 19 heavy (non-hydrogen) atoms. The maximum Gasteiger partial charge on any atom is 0.240 e. The lowest BCUT2D eigenvalue weighted by atomic mass is 9.94. The number of aliphatic hydroxyl groups is 1. The fourth-order valence-electron chi connectivity index (χ4n) is 2.21. The third kappa shape index (κ3) is 3.53. The lowest BCUT2D eigenvalue weighted by Gasteiger charge is -2.25. The highest BCUT2D eigenvalue weighted by atomic mass is 32.2. The van der Waals surface area contributed by atoms with E-state index in [1.54, 1.807) is 12.1 Å². The van der Waals surface area contributed by atoms with E-state index in [9.17, 15) is 13.5 Å². The summed E-state index contributed by atoms with van der Waals surface area (Å²) in [5.41, 5.74) is 0.321. The van der Waals surface area contributed by atoms with Crippen molar-refractivity contribution in [3.63, 3.8) is 0 Å². The minimum absolute atomic E-state index is 0.109. The first-order valence-electron chi connectivity index (χ1n) is 6.22. The minimum atomic E-state index is -3.59. The Labute approximate surface area is 112 Å². The molecule has 1 aliphatic rings. The van der Waals surface area contributed by atoms with E-state index in [0.29, 0.717) is 31.2 Å². The summed E-state index contributed by atoms with van der Waals surface area (Å²) in [7, 11) is -3.59. The Morgan fingerprint density at radius 3 is 2.58 bits per heavy atom. The van der Waals surface area contributed by atoms with E-state index in [4.69, 9.17) is 5.26 Å². The summed E-state index contributed by atoms with van der Waals surface area (Å²) in [6.07, 6.45) is 2.19. The molecule has 0 aliphatic heterocycles. The summed E-state index contributed by atoms with van der Waals surface area (Å²) in [6.45, 7) is 0. The second kappa shape index (κ2) is 5.70. The molecule has 0 radical (unpaired) electrons. The van der Waals surface area contributed by atoms with Gasteiger partial charge in [0.1, 0.15) is 0 Å². The molecule has 0 heterocycles. The predicted molar refractivity (Wildman–Crippen MR) is 69.7 cm³/mol. The molecule has 1 aliphatic carbocycles. The maximum absolute atomic E-state index is 12.2. The van der Waals surface area contributed by atoms with Crippen LogP contribution in [0.15, 0.2) is 29.2 Å². The fourth-order valence-corrected chi connectivity index (χ4v) is 3.56. The zero-order valence-electron chi connectivity index (χ0n) is 10.4. The standard InChI is InChI=1S/C13H16N2O3S/c14-9-10-2-1-3-13(8-10)19(17,18)15-11-4-6-12(16)7-5-11/h1-3,8,11-12,15-16H,4-7H2. The Kier molecular flexibility index (Phi) is 4.20. The number of hydrogen-bond acceptors (Lipinski definition) is 4. The molecule has 0 saturated heterocycles. The van der Waals surface area contributed by atoms with Gasteiger partial charge < -0.3 is 5.11 Å². The van der Waals surface area contributed by atoms with Crippen molar-refractivity contribution in [2.75, 3.05) is 0 Å². The second-order valence-electron chi connectivity index (χ2n) is 4.77. The number of hydrogen-bond donors (Lipinski definition) is 2. The summed E-state index contributed by atoms with van der Waals surface area (Å²) in [4.78, 5) is 0.109. The summed E-state index contributed by atoms with van der Waals surface area (Å²) in [5, 5.41) is 18.2. The molecule has 0 spiro atoms. The van der Waals surface area contributed by atoms with E-state index in [2.05, 4.69) is 4.72 Å². The van der Waals surface area contributed by atoms with Crippen LogP contribution in [0.2, 0.25) is 0 Å². The van der Waals surface area contributed by atoms with E-state index >= 15 is 0 Å². The molecule has 5 nitrogen and oxygen atoms in total. The van der Waals surface area contributed by atoms with E-state index in [1.165, 1.54) is 12.1 Å². The molecule has 0 unspecified atom stereocenters. The molecule has 1 aromatic carbocycles. The first-order valence-corrected chi connectivity index (χ1v) is 7.70. The fraction of sp³-hybridized carbons (Fsp3) is 0.462. The third-order valence-electron chi connectivity index (χ3n) is 3.29. The molecule has 6 heteroatoms. The smallest absolute Gasteiger partial charge is 0.240 e. The van der Waals surface area contributed by atoms with Crippen LogP contribution >= 0.6 is 0 Å². The van der Waals surface area contributed by atoms with Crippen LogP contribution in [0.5, 0.6) is 0 Å². The lowest BCUT2D eigenvalue weighted by Crippen LogP contribution is -2.38. The average Bonchev–Trinajstić information content (AvgIpc) is 2.41. The molecule has 0 aromatic heterocycles. The van der Waals surface area contributed by atoms with Crippen LogP contribution in [0.4, 0.5) is 0 Å². The van der Waals surface area contributed by atoms with Crippen LogP contribution in [0, 0.1) is 11.3 Å². The van der Waals surface area contributed by atoms with Crippen molar-refractivity contribution in [3.8, 4) is 6.07 Å². The topological polar surface area (TPSA) is 90.2 Å². The van der Waals surface area contributed by atoms with Crippen LogP contribution in [0.3, 0.4) is 0 Å². The first kappa shape index (κ1) is 14.0. The molecule has 1 fully saturated rings. The predicted octanol–water partition coefficient (Wildman–Crippen LogP) is 1.14. The average molecular weight is 280 g/mol. The highest BCUT2D eigenvalue weighted by molar-refractivity contribution is 7.89. The normalized spacial score (nSPS) is 23.8. The van der Waals surface area contributed by atoms with Crippen molar-refractivity contribution in [2.45, 2.75) is 42.7 Å². The number of nitrogens with one attached hydrogen (secondary N) is 1. The first-order chi connectivity index (χ1) is 9.01. The molecule has 0 atom stereocenters. The molecule has 102 valence electrons. The van der Waals surface area contributed by atoms with Gasteiger partial charge in [-0.05, 0) is 43.9 Å². The SMILES string of the molecule is N#Cc1cccc(S(=O)(=O)NC2CCC(O)CC2)c1.